The summed E-state index contributed by atoms with van der Waals surface area (Å²) >= 11 is 0. The third kappa shape index (κ3) is 4.30. The Morgan fingerprint density at radius 2 is 1.63 bits per heavy atom. The van der Waals surface area contributed by atoms with Crippen LogP contribution in [0.2, 0.25) is 0 Å². The third-order valence-corrected chi connectivity index (χ3v) is 5.83. The highest BCUT2D eigenvalue weighted by Crippen LogP contribution is 2.20. The van der Waals surface area contributed by atoms with Gasteiger partial charge in [0.2, 0.25) is 0 Å². The average Bonchev–Trinajstić information content (AvgIpc) is 3.23. The maximum Gasteiger partial charge on any atom is 0.254 e. The summed E-state index contributed by atoms with van der Waals surface area (Å²) in [7, 11) is 0. The molecule has 1 heterocycles. The lowest BCUT2D eigenvalue weighted by Gasteiger charge is -2.29. The van der Waals surface area contributed by atoms with Crippen molar-refractivity contribution in [1.82, 2.24) is 9.47 Å². The van der Waals surface area contributed by atoms with Crippen molar-refractivity contribution in [2.24, 2.45) is 0 Å². The predicted molar refractivity (Wildman–Crippen MR) is 124 cm³/mol. The Balaban J connectivity index is 1.60. The fourth-order valence-electron chi connectivity index (χ4n) is 3.84. The van der Waals surface area contributed by atoms with Crippen molar-refractivity contribution >= 4 is 16.7 Å². The molecular weight excluding hydrogens is 368 g/mol. The minimum absolute atomic E-state index is 0.0857. The molecule has 4 rings (SSSR count). The number of carbonyl (C=O) groups is 1. The highest BCUT2D eigenvalue weighted by atomic mass is 16.2. The molecule has 0 bridgehead atoms. The van der Waals surface area contributed by atoms with Gasteiger partial charge in [0.1, 0.15) is 0 Å². The van der Waals surface area contributed by atoms with Gasteiger partial charge in [-0.05, 0) is 53.9 Å². The van der Waals surface area contributed by atoms with Crippen LogP contribution < -0.4 is 0 Å². The van der Waals surface area contributed by atoms with Crippen molar-refractivity contribution in [1.29, 1.82) is 0 Å². The second-order valence-corrected chi connectivity index (χ2v) is 7.87. The number of benzene rings is 3. The van der Waals surface area contributed by atoms with Gasteiger partial charge >= 0.3 is 0 Å². The number of hydrogen-bond acceptors (Lipinski definition) is 1. The molecule has 0 aliphatic heterocycles. The zero-order chi connectivity index (χ0) is 20.9. The van der Waals surface area contributed by atoms with Crippen molar-refractivity contribution < 1.29 is 4.79 Å². The number of rotatable bonds is 7. The van der Waals surface area contributed by atoms with E-state index in [4.69, 9.17) is 0 Å². The second kappa shape index (κ2) is 9.00. The van der Waals surface area contributed by atoms with Gasteiger partial charge in [-0.3, -0.25) is 4.79 Å². The topological polar surface area (TPSA) is 25.2 Å². The first-order valence-corrected chi connectivity index (χ1v) is 10.6. The molecule has 1 amide bonds. The van der Waals surface area contributed by atoms with Gasteiger partial charge in [-0.15, -0.1) is 0 Å². The van der Waals surface area contributed by atoms with E-state index >= 15 is 0 Å². The maximum absolute atomic E-state index is 13.5. The number of nitrogens with zero attached hydrogens (tertiary/aromatic N) is 2. The fraction of sp³-hybridized carbons (Fsp3) is 0.222. The molecule has 3 aromatic carbocycles. The Morgan fingerprint density at radius 3 is 2.40 bits per heavy atom. The highest BCUT2D eigenvalue weighted by Gasteiger charge is 2.22. The largest absolute Gasteiger partial charge is 0.345 e. The van der Waals surface area contributed by atoms with Crippen molar-refractivity contribution in [2.75, 3.05) is 0 Å². The molecule has 152 valence electrons. The smallest absolute Gasteiger partial charge is 0.254 e. The van der Waals surface area contributed by atoms with Gasteiger partial charge in [0.15, 0.2) is 0 Å². The van der Waals surface area contributed by atoms with E-state index in [-0.39, 0.29) is 11.9 Å². The molecular formula is C27H28N2O. The monoisotopic (exact) mass is 396 g/mol. The highest BCUT2D eigenvalue weighted by molar-refractivity contribution is 5.98. The molecule has 0 fully saturated rings. The molecule has 0 aliphatic rings. The Labute approximate surface area is 178 Å². The van der Waals surface area contributed by atoms with E-state index in [2.05, 4.69) is 73.1 Å². The Hall–Kier alpha value is -3.33. The Bertz CT molecular complexity index is 1130. The van der Waals surface area contributed by atoms with E-state index < -0.39 is 0 Å². The quantitative estimate of drug-likeness (QED) is 0.369. The van der Waals surface area contributed by atoms with Crippen LogP contribution in [-0.4, -0.2) is 21.4 Å². The first-order chi connectivity index (χ1) is 14.7. The normalized spacial score (nSPS) is 12.1. The maximum atomic E-state index is 13.5. The minimum atomic E-state index is 0.0857. The van der Waals surface area contributed by atoms with Gasteiger partial charge in [0.25, 0.3) is 5.91 Å². The zero-order valence-corrected chi connectivity index (χ0v) is 17.7. The molecule has 3 heteroatoms. The van der Waals surface area contributed by atoms with Gasteiger partial charge in [0.05, 0.1) is 6.54 Å². The van der Waals surface area contributed by atoms with E-state index in [9.17, 15) is 4.79 Å². The van der Waals surface area contributed by atoms with Crippen molar-refractivity contribution in [3.05, 3.63) is 108 Å². The first-order valence-electron chi connectivity index (χ1n) is 10.6. The van der Waals surface area contributed by atoms with Gasteiger partial charge in [0, 0.05) is 30.0 Å². The summed E-state index contributed by atoms with van der Waals surface area (Å²) in [4.78, 5) is 15.5. The minimum Gasteiger partial charge on any atom is -0.345 e. The lowest BCUT2D eigenvalue weighted by molar-refractivity contribution is 0.0667. The number of amides is 1. The molecule has 0 aliphatic carbocycles. The molecule has 0 N–H and O–H groups in total. The number of aromatic nitrogens is 1. The van der Waals surface area contributed by atoms with Crippen LogP contribution in [-0.2, 0) is 13.1 Å². The summed E-state index contributed by atoms with van der Waals surface area (Å²) in [5.41, 5.74) is 3.15. The van der Waals surface area contributed by atoms with Gasteiger partial charge in [-0.25, -0.2) is 0 Å². The summed E-state index contributed by atoms with van der Waals surface area (Å²) in [6.45, 7) is 5.67. The number of hydrogen-bond donors (Lipinski definition) is 0. The van der Waals surface area contributed by atoms with E-state index in [1.54, 1.807) is 0 Å². The van der Waals surface area contributed by atoms with E-state index in [0.29, 0.717) is 6.54 Å². The molecule has 0 spiro atoms. The SMILES string of the molecule is CCC(C)N(Cc1cccn1Cc1ccccc1)C(=O)c1ccc2ccccc2c1. The summed E-state index contributed by atoms with van der Waals surface area (Å²) in [5.74, 6) is 0.0857. The van der Waals surface area contributed by atoms with E-state index in [0.717, 1.165) is 35.0 Å². The molecule has 1 atom stereocenters. The lowest BCUT2D eigenvalue weighted by atomic mass is 10.1. The van der Waals surface area contributed by atoms with Crippen LogP contribution in [0.3, 0.4) is 0 Å². The Morgan fingerprint density at radius 1 is 0.900 bits per heavy atom. The molecule has 3 nitrogen and oxygen atoms in total. The molecule has 4 aromatic rings. The van der Waals surface area contributed by atoms with Crippen LogP contribution >= 0.6 is 0 Å². The molecule has 0 saturated carbocycles. The first kappa shape index (κ1) is 20.0. The molecule has 0 radical (unpaired) electrons. The second-order valence-electron chi connectivity index (χ2n) is 7.87. The molecule has 1 unspecified atom stereocenters. The van der Waals surface area contributed by atoms with Crippen LogP contribution in [0.5, 0.6) is 0 Å². The summed E-state index contributed by atoms with van der Waals surface area (Å²) in [6.07, 6.45) is 3.01. The Kier molecular flexibility index (Phi) is 5.99. The number of carbonyl (C=O) groups excluding carboxylic acids is 1. The van der Waals surface area contributed by atoms with E-state index in [1.807, 2.05) is 41.3 Å². The van der Waals surface area contributed by atoms with Gasteiger partial charge < -0.3 is 9.47 Å². The zero-order valence-electron chi connectivity index (χ0n) is 17.7. The molecule has 30 heavy (non-hydrogen) atoms. The fourth-order valence-corrected chi connectivity index (χ4v) is 3.84. The van der Waals surface area contributed by atoms with Crippen LogP contribution in [0.25, 0.3) is 10.8 Å². The van der Waals surface area contributed by atoms with Crippen LogP contribution in [0.15, 0.2) is 91.1 Å². The summed E-state index contributed by atoms with van der Waals surface area (Å²) in [5, 5.41) is 2.25. The van der Waals surface area contributed by atoms with Crippen LogP contribution in [0, 0.1) is 0 Å². The summed E-state index contributed by atoms with van der Waals surface area (Å²) in [6, 6.07) is 28.9. The van der Waals surface area contributed by atoms with Crippen LogP contribution in [0.4, 0.5) is 0 Å². The average molecular weight is 397 g/mol. The molecule has 1 aromatic heterocycles. The lowest BCUT2D eigenvalue weighted by Crippen LogP contribution is -2.38. The standard InChI is InChI=1S/C27H28N2O/c1-3-21(2)29(27(30)25-16-15-23-12-7-8-13-24(23)18-25)20-26-14-9-17-28(26)19-22-10-5-4-6-11-22/h4-18,21H,3,19-20H2,1-2H3. The van der Waals surface area contributed by atoms with Crippen molar-refractivity contribution in [3.63, 3.8) is 0 Å². The molecule has 0 saturated heterocycles. The number of fused-ring (bicyclic) bond motifs is 1. The van der Waals surface area contributed by atoms with Gasteiger partial charge in [-0.2, -0.15) is 0 Å². The predicted octanol–water partition coefficient (Wildman–Crippen LogP) is 6.13. The van der Waals surface area contributed by atoms with E-state index in [1.165, 1.54) is 5.56 Å². The van der Waals surface area contributed by atoms with Crippen LogP contribution in [0.1, 0.15) is 41.9 Å². The summed E-state index contributed by atoms with van der Waals surface area (Å²) < 4.78 is 2.23. The van der Waals surface area contributed by atoms with Crippen molar-refractivity contribution in [2.45, 2.75) is 39.4 Å². The third-order valence-electron chi connectivity index (χ3n) is 5.83. The van der Waals surface area contributed by atoms with Gasteiger partial charge in [-0.1, -0.05) is 67.6 Å². The van der Waals surface area contributed by atoms with Crippen molar-refractivity contribution in [3.8, 4) is 0 Å².